The zero-order chi connectivity index (χ0) is 14.1. The van der Waals surface area contributed by atoms with Crippen LogP contribution in [-0.4, -0.2) is 34.5 Å². The minimum atomic E-state index is 0.120. The molecule has 0 saturated carbocycles. The van der Waals surface area contributed by atoms with E-state index in [0.717, 1.165) is 11.4 Å². The van der Waals surface area contributed by atoms with Gasteiger partial charge in [-0.1, -0.05) is 0 Å². The summed E-state index contributed by atoms with van der Waals surface area (Å²) in [5, 5.41) is 11.4. The van der Waals surface area contributed by atoms with Crippen molar-refractivity contribution in [3.8, 4) is 5.95 Å². The molecule has 3 rings (SSSR count). The van der Waals surface area contributed by atoms with Crippen LogP contribution in [0.15, 0.2) is 24.7 Å². The molecule has 20 heavy (non-hydrogen) atoms. The number of nitrogens with one attached hydrogen (secondary N) is 1. The van der Waals surface area contributed by atoms with Gasteiger partial charge in [-0.2, -0.15) is 25.1 Å². The molecule has 9 nitrogen and oxygen atoms in total. The highest BCUT2D eigenvalue weighted by atomic mass is 15.4. The van der Waals surface area contributed by atoms with Gasteiger partial charge in [-0.15, -0.1) is 0 Å². The molecule has 0 radical (unpaired) electrons. The fourth-order valence-corrected chi connectivity index (χ4v) is 1.77. The van der Waals surface area contributed by atoms with Crippen molar-refractivity contribution in [2.45, 2.75) is 6.92 Å². The smallest absolute Gasteiger partial charge is 0.257 e. The maximum absolute atomic E-state index is 5.70. The standard InChI is InChI=1S/C11H13N9/c1-7-8(6-19(2)18-7)14-10-15-9(12)16-11(17-10)20-5-3-4-13-20/h3-6H,1-2H3,(H3,12,14,15,16,17). The van der Waals surface area contributed by atoms with E-state index in [9.17, 15) is 0 Å². The maximum Gasteiger partial charge on any atom is 0.257 e. The van der Waals surface area contributed by atoms with Crippen molar-refractivity contribution in [3.63, 3.8) is 0 Å². The van der Waals surface area contributed by atoms with Crippen molar-refractivity contribution in [1.82, 2.24) is 34.5 Å². The lowest BCUT2D eigenvalue weighted by Crippen LogP contribution is -2.09. The molecule has 0 spiro atoms. The molecule has 0 saturated heterocycles. The van der Waals surface area contributed by atoms with Gasteiger partial charge in [0.15, 0.2) is 0 Å². The van der Waals surface area contributed by atoms with Gasteiger partial charge in [-0.3, -0.25) is 4.68 Å². The molecule has 0 aliphatic heterocycles. The molecule has 0 fully saturated rings. The van der Waals surface area contributed by atoms with Gasteiger partial charge in [0, 0.05) is 25.6 Å². The van der Waals surface area contributed by atoms with Gasteiger partial charge in [0.2, 0.25) is 11.9 Å². The molecular weight excluding hydrogens is 258 g/mol. The van der Waals surface area contributed by atoms with Crippen LogP contribution < -0.4 is 11.1 Å². The number of hydrogen-bond acceptors (Lipinski definition) is 7. The lowest BCUT2D eigenvalue weighted by molar-refractivity contribution is 0.756. The summed E-state index contributed by atoms with van der Waals surface area (Å²) >= 11 is 0. The molecule has 3 heterocycles. The van der Waals surface area contributed by atoms with Crippen LogP contribution in [0.5, 0.6) is 0 Å². The number of nitrogens with two attached hydrogens (primary N) is 1. The van der Waals surface area contributed by atoms with Crippen molar-refractivity contribution >= 4 is 17.6 Å². The molecule has 3 aromatic heterocycles. The van der Waals surface area contributed by atoms with Crippen LogP contribution in [0.4, 0.5) is 17.6 Å². The largest absolute Gasteiger partial charge is 0.368 e. The van der Waals surface area contributed by atoms with Crippen LogP contribution >= 0.6 is 0 Å². The van der Waals surface area contributed by atoms with E-state index >= 15 is 0 Å². The first-order valence-electron chi connectivity index (χ1n) is 5.90. The minimum Gasteiger partial charge on any atom is -0.368 e. The zero-order valence-corrected chi connectivity index (χ0v) is 11.0. The van der Waals surface area contributed by atoms with Gasteiger partial charge < -0.3 is 11.1 Å². The number of hydrogen-bond donors (Lipinski definition) is 2. The first kappa shape index (κ1) is 12.1. The molecule has 0 aromatic carbocycles. The Bertz CT molecular complexity index is 728. The van der Waals surface area contributed by atoms with E-state index in [-0.39, 0.29) is 5.95 Å². The lowest BCUT2D eigenvalue weighted by atomic mass is 10.4. The fourth-order valence-electron chi connectivity index (χ4n) is 1.77. The van der Waals surface area contributed by atoms with Gasteiger partial charge in [0.1, 0.15) is 0 Å². The zero-order valence-electron chi connectivity index (χ0n) is 11.0. The molecule has 0 bridgehead atoms. The Hall–Kier alpha value is -2.97. The van der Waals surface area contributed by atoms with E-state index < -0.39 is 0 Å². The highest BCUT2D eigenvalue weighted by molar-refractivity contribution is 5.55. The summed E-state index contributed by atoms with van der Waals surface area (Å²) in [7, 11) is 1.84. The number of aryl methyl sites for hydroxylation is 2. The summed E-state index contributed by atoms with van der Waals surface area (Å²) in [6.45, 7) is 1.89. The van der Waals surface area contributed by atoms with Crippen molar-refractivity contribution in [1.29, 1.82) is 0 Å². The van der Waals surface area contributed by atoms with Gasteiger partial charge in [-0.05, 0) is 13.0 Å². The third kappa shape index (κ3) is 2.28. The van der Waals surface area contributed by atoms with Crippen LogP contribution in [0.25, 0.3) is 5.95 Å². The monoisotopic (exact) mass is 271 g/mol. The molecule has 0 aliphatic rings. The number of anilines is 3. The summed E-state index contributed by atoms with van der Waals surface area (Å²) in [6.07, 6.45) is 5.20. The molecule has 0 amide bonds. The Labute approximate surface area is 114 Å². The van der Waals surface area contributed by atoms with Crippen molar-refractivity contribution < 1.29 is 0 Å². The maximum atomic E-state index is 5.70. The number of aromatic nitrogens is 7. The topological polar surface area (TPSA) is 112 Å². The predicted molar refractivity (Wildman–Crippen MR) is 72.6 cm³/mol. The third-order valence-electron chi connectivity index (χ3n) is 2.61. The van der Waals surface area contributed by atoms with Gasteiger partial charge in [0.05, 0.1) is 11.4 Å². The Morgan fingerprint density at radius 3 is 2.75 bits per heavy atom. The molecule has 9 heteroatoms. The summed E-state index contributed by atoms with van der Waals surface area (Å²) in [4.78, 5) is 12.4. The molecular formula is C11H13N9. The Morgan fingerprint density at radius 2 is 2.10 bits per heavy atom. The minimum absolute atomic E-state index is 0.120. The molecule has 3 N–H and O–H groups in total. The van der Waals surface area contributed by atoms with Gasteiger partial charge >= 0.3 is 0 Å². The van der Waals surface area contributed by atoms with Crippen molar-refractivity contribution in [2.24, 2.45) is 7.05 Å². The highest BCUT2D eigenvalue weighted by Gasteiger charge is 2.09. The summed E-state index contributed by atoms with van der Waals surface area (Å²) in [5.74, 6) is 0.820. The van der Waals surface area contributed by atoms with E-state index in [0.29, 0.717) is 11.9 Å². The molecule has 0 unspecified atom stereocenters. The second-order valence-corrected chi connectivity index (χ2v) is 4.19. The summed E-state index contributed by atoms with van der Waals surface area (Å²) in [6, 6.07) is 1.78. The number of nitrogen functional groups attached to an aromatic ring is 1. The summed E-state index contributed by atoms with van der Waals surface area (Å²) < 4.78 is 3.22. The Balaban J connectivity index is 1.96. The highest BCUT2D eigenvalue weighted by Crippen LogP contribution is 2.17. The second-order valence-electron chi connectivity index (χ2n) is 4.19. The number of rotatable bonds is 3. The molecule has 102 valence electrons. The van der Waals surface area contributed by atoms with Crippen LogP contribution in [-0.2, 0) is 7.05 Å². The van der Waals surface area contributed by atoms with E-state index in [1.165, 1.54) is 4.68 Å². The predicted octanol–water partition coefficient (Wildman–Crippen LogP) is 0.425. The normalized spacial score (nSPS) is 10.7. The Morgan fingerprint density at radius 1 is 1.25 bits per heavy atom. The van der Waals surface area contributed by atoms with E-state index in [2.05, 4.69) is 30.5 Å². The molecule has 0 atom stereocenters. The van der Waals surface area contributed by atoms with E-state index in [4.69, 9.17) is 5.73 Å². The fraction of sp³-hybridized carbons (Fsp3) is 0.182. The average molecular weight is 271 g/mol. The van der Waals surface area contributed by atoms with Crippen LogP contribution in [0, 0.1) is 6.92 Å². The first-order valence-corrected chi connectivity index (χ1v) is 5.90. The number of nitrogens with zero attached hydrogens (tertiary/aromatic N) is 7. The average Bonchev–Trinajstić information content (AvgIpc) is 2.99. The van der Waals surface area contributed by atoms with Crippen LogP contribution in [0.1, 0.15) is 5.69 Å². The SMILES string of the molecule is Cc1nn(C)cc1Nc1nc(N)nc(-n2cccn2)n1. The third-order valence-corrected chi connectivity index (χ3v) is 2.61. The van der Waals surface area contributed by atoms with Gasteiger partial charge in [0.25, 0.3) is 5.95 Å². The van der Waals surface area contributed by atoms with Crippen molar-refractivity contribution in [2.75, 3.05) is 11.1 Å². The lowest BCUT2D eigenvalue weighted by Gasteiger charge is -2.06. The van der Waals surface area contributed by atoms with Crippen LogP contribution in [0.3, 0.4) is 0 Å². The van der Waals surface area contributed by atoms with E-state index in [1.807, 2.05) is 20.2 Å². The molecule has 3 aromatic rings. The quantitative estimate of drug-likeness (QED) is 0.710. The first-order chi connectivity index (χ1) is 9.61. The second kappa shape index (κ2) is 4.61. The van der Waals surface area contributed by atoms with Gasteiger partial charge in [-0.25, -0.2) is 4.68 Å². The summed E-state index contributed by atoms with van der Waals surface area (Å²) in [5.41, 5.74) is 7.35. The van der Waals surface area contributed by atoms with Crippen molar-refractivity contribution in [3.05, 3.63) is 30.4 Å². The van der Waals surface area contributed by atoms with Crippen LogP contribution in [0.2, 0.25) is 0 Å². The molecule has 0 aliphatic carbocycles. The van der Waals surface area contributed by atoms with E-state index in [1.54, 1.807) is 23.1 Å². The Kier molecular flexibility index (Phi) is 2.78.